The fourth-order valence-electron chi connectivity index (χ4n) is 4.77. The van der Waals surface area contributed by atoms with E-state index in [1.165, 1.54) is 0 Å². The fourth-order valence-corrected chi connectivity index (χ4v) is 4.77. The Hall–Kier alpha value is -2.88. The van der Waals surface area contributed by atoms with Crippen LogP contribution in [0.2, 0.25) is 0 Å². The van der Waals surface area contributed by atoms with Crippen molar-refractivity contribution in [1.82, 2.24) is 0 Å². The Balaban J connectivity index is 1.85. The average Bonchev–Trinajstić information content (AvgIpc) is 2.66. The van der Waals surface area contributed by atoms with Gasteiger partial charge in [0.2, 0.25) is 5.91 Å². The first-order valence-electron chi connectivity index (χ1n) is 10.6. The highest BCUT2D eigenvalue weighted by molar-refractivity contribution is 6.07. The second kappa shape index (κ2) is 7.42. The molecule has 4 heteroatoms. The van der Waals surface area contributed by atoms with Crippen LogP contribution < -0.4 is 9.80 Å². The summed E-state index contributed by atoms with van der Waals surface area (Å²) in [5.74, 6) is 0.0630. The van der Waals surface area contributed by atoms with Gasteiger partial charge in [-0.05, 0) is 54.2 Å². The summed E-state index contributed by atoms with van der Waals surface area (Å²) in [6.07, 6.45) is 1.56. The third kappa shape index (κ3) is 3.67. The first-order chi connectivity index (χ1) is 14.2. The van der Waals surface area contributed by atoms with Gasteiger partial charge in [-0.2, -0.15) is 0 Å². The van der Waals surface area contributed by atoms with Gasteiger partial charge in [-0.1, -0.05) is 38.1 Å². The summed E-state index contributed by atoms with van der Waals surface area (Å²) < 4.78 is 0. The molecule has 0 fully saturated rings. The van der Waals surface area contributed by atoms with E-state index in [0.717, 1.165) is 40.2 Å². The molecule has 2 aromatic rings. The van der Waals surface area contributed by atoms with Crippen molar-refractivity contribution in [1.29, 1.82) is 0 Å². The molecule has 1 aliphatic carbocycles. The monoisotopic (exact) mass is 402 g/mol. The number of nitrogens with zero attached hydrogens (tertiary/aromatic N) is 2. The molecule has 2 aromatic carbocycles. The average molecular weight is 403 g/mol. The van der Waals surface area contributed by atoms with Crippen LogP contribution in [0.4, 0.5) is 11.4 Å². The highest BCUT2D eigenvalue weighted by Gasteiger charge is 2.44. The SMILES string of the molecule is Cc1cccc(N2C(=O)CC(c3ccc(N(C)C)cc3)C3=C2CC(C)(C)CC3=O)c1. The number of ketones is 1. The zero-order chi connectivity index (χ0) is 21.6. The maximum Gasteiger partial charge on any atom is 0.232 e. The summed E-state index contributed by atoms with van der Waals surface area (Å²) in [4.78, 5) is 30.6. The molecule has 1 amide bonds. The lowest BCUT2D eigenvalue weighted by molar-refractivity contribution is -0.121. The molecule has 1 atom stereocenters. The Morgan fingerprint density at radius 3 is 2.33 bits per heavy atom. The molecule has 1 aliphatic heterocycles. The highest BCUT2D eigenvalue weighted by Crippen LogP contribution is 2.48. The predicted molar refractivity (Wildman–Crippen MR) is 122 cm³/mol. The highest BCUT2D eigenvalue weighted by atomic mass is 16.2. The maximum absolute atomic E-state index is 13.4. The number of aryl methyl sites for hydroxylation is 1. The van der Waals surface area contributed by atoms with E-state index in [0.29, 0.717) is 12.8 Å². The molecule has 2 aliphatic rings. The van der Waals surface area contributed by atoms with Crippen molar-refractivity contribution in [3.8, 4) is 0 Å². The molecule has 0 saturated heterocycles. The lowest BCUT2D eigenvalue weighted by atomic mass is 9.69. The standard InChI is InChI=1S/C26H30N2O2/c1-17-7-6-8-20(13-17)28-22-15-26(2,3)16-23(29)25(22)21(14-24(28)30)18-9-11-19(12-10-18)27(4)5/h6-13,21H,14-16H2,1-5H3. The lowest BCUT2D eigenvalue weighted by Gasteiger charge is -2.43. The third-order valence-corrected chi connectivity index (χ3v) is 6.21. The molecule has 1 heterocycles. The Morgan fingerprint density at radius 2 is 1.70 bits per heavy atom. The van der Waals surface area contributed by atoms with E-state index >= 15 is 0 Å². The molecular weight excluding hydrogens is 372 g/mol. The van der Waals surface area contributed by atoms with Gasteiger partial charge < -0.3 is 4.90 Å². The first-order valence-corrected chi connectivity index (χ1v) is 10.6. The summed E-state index contributed by atoms with van der Waals surface area (Å²) in [7, 11) is 4.01. The largest absolute Gasteiger partial charge is 0.378 e. The summed E-state index contributed by atoms with van der Waals surface area (Å²) in [5.41, 5.74) is 5.66. The number of Topliss-reactive ketones (excluding diaryl/α,β-unsaturated/α-hetero) is 1. The van der Waals surface area contributed by atoms with Crippen molar-refractivity contribution in [2.45, 2.75) is 46.0 Å². The molecule has 0 N–H and O–H groups in total. The number of allylic oxidation sites excluding steroid dienone is 2. The lowest BCUT2D eigenvalue weighted by Crippen LogP contribution is -2.43. The summed E-state index contributed by atoms with van der Waals surface area (Å²) in [5, 5.41) is 0. The van der Waals surface area contributed by atoms with Gasteiger partial charge in [0.1, 0.15) is 0 Å². The number of carbonyl (C=O) groups excluding carboxylic acids is 2. The molecule has 4 nitrogen and oxygen atoms in total. The van der Waals surface area contributed by atoms with Crippen molar-refractivity contribution in [3.63, 3.8) is 0 Å². The third-order valence-electron chi connectivity index (χ3n) is 6.21. The van der Waals surface area contributed by atoms with E-state index in [-0.39, 0.29) is 23.0 Å². The van der Waals surface area contributed by atoms with Crippen LogP contribution in [-0.2, 0) is 9.59 Å². The number of amides is 1. The van der Waals surface area contributed by atoms with E-state index in [1.807, 2.05) is 55.1 Å². The number of rotatable bonds is 3. The Labute approximate surface area is 179 Å². The van der Waals surface area contributed by atoms with Crippen LogP contribution >= 0.6 is 0 Å². The number of anilines is 2. The minimum Gasteiger partial charge on any atom is -0.378 e. The number of hydrogen-bond donors (Lipinski definition) is 0. The topological polar surface area (TPSA) is 40.6 Å². The molecule has 0 spiro atoms. The van der Waals surface area contributed by atoms with Gasteiger partial charge in [-0.15, -0.1) is 0 Å². The van der Waals surface area contributed by atoms with Crippen molar-refractivity contribution in [2.24, 2.45) is 5.41 Å². The minimum absolute atomic E-state index is 0.0616. The molecular formula is C26H30N2O2. The molecule has 0 aromatic heterocycles. The van der Waals surface area contributed by atoms with E-state index in [4.69, 9.17) is 0 Å². The summed E-state index contributed by atoms with van der Waals surface area (Å²) in [6, 6.07) is 16.2. The first kappa shape index (κ1) is 20.4. The Kier molecular flexibility index (Phi) is 5.05. The number of carbonyl (C=O) groups is 2. The molecule has 0 saturated carbocycles. The van der Waals surface area contributed by atoms with Crippen LogP contribution in [0.5, 0.6) is 0 Å². The Bertz CT molecular complexity index is 1030. The van der Waals surface area contributed by atoms with Gasteiger partial charge >= 0.3 is 0 Å². The molecule has 0 bridgehead atoms. The zero-order valence-electron chi connectivity index (χ0n) is 18.5. The van der Waals surface area contributed by atoms with Gasteiger partial charge in [-0.3, -0.25) is 14.5 Å². The number of benzene rings is 2. The summed E-state index contributed by atoms with van der Waals surface area (Å²) >= 11 is 0. The predicted octanol–water partition coefficient (Wildman–Crippen LogP) is 5.22. The van der Waals surface area contributed by atoms with Gasteiger partial charge in [-0.25, -0.2) is 0 Å². The van der Waals surface area contributed by atoms with Crippen LogP contribution in [0.15, 0.2) is 59.8 Å². The number of hydrogen-bond acceptors (Lipinski definition) is 3. The normalized spacial score (nSPS) is 21.0. The van der Waals surface area contributed by atoms with E-state index in [2.05, 4.69) is 38.1 Å². The van der Waals surface area contributed by atoms with Crippen LogP contribution in [0.3, 0.4) is 0 Å². The van der Waals surface area contributed by atoms with E-state index in [9.17, 15) is 9.59 Å². The second-order valence-electron chi connectivity index (χ2n) is 9.61. The summed E-state index contributed by atoms with van der Waals surface area (Å²) in [6.45, 7) is 6.25. The maximum atomic E-state index is 13.4. The van der Waals surface area contributed by atoms with E-state index in [1.54, 1.807) is 0 Å². The zero-order valence-corrected chi connectivity index (χ0v) is 18.5. The quantitative estimate of drug-likeness (QED) is 0.706. The van der Waals surface area contributed by atoms with Gasteiger partial charge in [0, 0.05) is 55.5 Å². The Morgan fingerprint density at radius 1 is 1.00 bits per heavy atom. The van der Waals surface area contributed by atoms with Crippen molar-refractivity contribution >= 4 is 23.1 Å². The van der Waals surface area contributed by atoms with Crippen LogP contribution in [-0.4, -0.2) is 25.8 Å². The van der Waals surface area contributed by atoms with Gasteiger partial charge in [0.25, 0.3) is 0 Å². The van der Waals surface area contributed by atoms with Gasteiger partial charge in [0.05, 0.1) is 0 Å². The fraction of sp³-hybridized carbons (Fsp3) is 0.385. The molecule has 4 rings (SSSR count). The van der Waals surface area contributed by atoms with Crippen LogP contribution in [0.25, 0.3) is 0 Å². The molecule has 30 heavy (non-hydrogen) atoms. The smallest absolute Gasteiger partial charge is 0.232 e. The minimum atomic E-state index is -0.173. The molecule has 0 radical (unpaired) electrons. The van der Waals surface area contributed by atoms with Crippen molar-refractivity contribution in [2.75, 3.05) is 23.9 Å². The molecule has 156 valence electrons. The van der Waals surface area contributed by atoms with Crippen LogP contribution in [0.1, 0.15) is 50.2 Å². The van der Waals surface area contributed by atoms with Crippen molar-refractivity contribution in [3.05, 3.63) is 70.9 Å². The second-order valence-corrected chi connectivity index (χ2v) is 9.61. The van der Waals surface area contributed by atoms with E-state index < -0.39 is 0 Å². The van der Waals surface area contributed by atoms with Crippen LogP contribution in [0, 0.1) is 12.3 Å². The van der Waals surface area contributed by atoms with Crippen molar-refractivity contribution < 1.29 is 9.59 Å². The molecule has 1 unspecified atom stereocenters. The van der Waals surface area contributed by atoms with Gasteiger partial charge in [0.15, 0.2) is 5.78 Å².